The minimum Gasteiger partial charge on any atom is -0.385 e. The number of methoxy groups -OCH3 is 1. The van der Waals surface area contributed by atoms with Gasteiger partial charge in [0.1, 0.15) is 0 Å². The summed E-state index contributed by atoms with van der Waals surface area (Å²) in [5.41, 5.74) is 2.45. The highest BCUT2D eigenvalue weighted by Gasteiger charge is 2.22. The van der Waals surface area contributed by atoms with E-state index in [1.54, 1.807) is 7.11 Å². The number of rotatable bonds is 9. The van der Waals surface area contributed by atoms with Crippen LogP contribution in [0, 0.1) is 5.92 Å². The first kappa shape index (κ1) is 16.2. The molecule has 0 aliphatic rings. The Morgan fingerprint density at radius 2 is 2.16 bits per heavy atom. The van der Waals surface area contributed by atoms with Gasteiger partial charge in [0.05, 0.1) is 17.4 Å². The molecule has 1 rings (SSSR count). The van der Waals surface area contributed by atoms with Gasteiger partial charge < -0.3 is 10.1 Å². The zero-order chi connectivity index (χ0) is 14.3. The van der Waals surface area contributed by atoms with Crippen LogP contribution in [0.1, 0.15) is 51.0 Å². The van der Waals surface area contributed by atoms with Crippen molar-refractivity contribution in [3.8, 4) is 0 Å². The molecule has 0 saturated heterocycles. The molecule has 4 heteroatoms. The highest BCUT2D eigenvalue weighted by molar-refractivity contribution is 5.15. The molecule has 110 valence electrons. The van der Waals surface area contributed by atoms with Gasteiger partial charge in [-0.05, 0) is 37.8 Å². The van der Waals surface area contributed by atoms with E-state index in [0.29, 0.717) is 12.0 Å². The summed E-state index contributed by atoms with van der Waals surface area (Å²) in [5.74, 6) is 0.534. The van der Waals surface area contributed by atoms with Crippen molar-refractivity contribution in [3.63, 3.8) is 0 Å². The van der Waals surface area contributed by atoms with Crippen LogP contribution >= 0.6 is 0 Å². The molecule has 1 aromatic rings. The van der Waals surface area contributed by atoms with Crippen LogP contribution in [0.5, 0.6) is 0 Å². The first-order valence-corrected chi connectivity index (χ1v) is 7.39. The maximum Gasteiger partial charge on any atom is 0.0625 e. The van der Waals surface area contributed by atoms with Crippen LogP contribution in [-0.4, -0.2) is 30.0 Å². The van der Waals surface area contributed by atoms with Gasteiger partial charge in [0.2, 0.25) is 0 Å². The molecule has 4 nitrogen and oxygen atoms in total. The van der Waals surface area contributed by atoms with Crippen LogP contribution < -0.4 is 5.32 Å². The lowest BCUT2D eigenvalue weighted by molar-refractivity contribution is 0.169. The van der Waals surface area contributed by atoms with Crippen molar-refractivity contribution in [3.05, 3.63) is 17.5 Å². The van der Waals surface area contributed by atoms with E-state index >= 15 is 0 Å². The fourth-order valence-corrected chi connectivity index (χ4v) is 2.37. The zero-order valence-corrected chi connectivity index (χ0v) is 13.1. The fourth-order valence-electron chi connectivity index (χ4n) is 2.37. The number of nitrogens with zero attached hydrogens (tertiary/aromatic N) is 2. The molecule has 0 radical (unpaired) electrons. The lowest BCUT2D eigenvalue weighted by Crippen LogP contribution is -2.30. The molecular formula is C15H29N3O. The summed E-state index contributed by atoms with van der Waals surface area (Å²) in [7, 11) is 3.80. The third-order valence-electron chi connectivity index (χ3n) is 3.61. The molecule has 0 aliphatic carbocycles. The van der Waals surface area contributed by atoms with E-state index in [1.165, 1.54) is 11.4 Å². The second-order valence-electron chi connectivity index (χ2n) is 5.23. The van der Waals surface area contributed by atoms with Gasteiger partial charge in [0, 0.05) is 20.8 Å². The molecule has 2 unspecified atom stereocenters. The van der Waals surface area contributed by atoms with Crippen molar-refractivity contribution in [2.75, 3.05) is 20.3 Å². The molecule has 0 aromatic carbocycles. The second kappa shape index (κ2) is 8.33. The number of ether oxygens (including phenoxy) is 1. The quantitative estimate of drug-likeness (QED) is 0.747. The first-order chi connectivity index (χ1) is 9.13. The Balaban J connectivity index is 2.84. The number of aryl methyl sites for hydroxylation is 2. The van der Waals surface area contributed by atoms with Crippen molar-refractivity contribution in [1.29, 1.82) is 0 Å². The molecule has 0 spiro atoms. The van der Waals surface area contributed by atoms with Gasteiger partial charge in [-0.2, -0.15) is 5.10 Å². The van der Waals surface area contributed by atoms with Crippen LogP contribution in [0.2, 0.25) is 0 Å². The van der Waals surface area contributed by atoms with Gasteiger partial charge in [-0.25, -0.2) is 0 Å². The molecule has 1 N–H and O–H groups in total. The average Bonchev–Trinajstić information content (AvgIpc) is 2.78. The molecular weight excluding hydrogens is 238 g/mol. The summed E-state index contributed by atoms with van der Waals surface area (Å²) in [6.45, 7) is 8.48. The minimum atomic E-state index is 0.355. The van der Waals surface area contributed by atoms with E-state index in [9.17, 15) is 0 Å². The first-order valence-electron chi connectivity index (χ1n) is 7.39. The number of hydrogen-bond acceptors (Lipinski definition) is 3. The molecule has 0 saturated carbocycles. The van der Waals surface area contributed by atoms with E-state index in [2.05, 4.69) is 37.3 Å². The van der Waals surface area contributed by atoms with Gasteiger partial charge >= 0.3 is 0 Å². The summed E-state index contributed by atoms with van der Waals surface area (Å²) in [5, 5.41) is 8.22. The Labute approximate surface area is 117 Å². The molecule has 0 amide bonds. The largest absolute Gasteiger partial charge is 0.385 e. The lowest BCUT2D eigenvalue weighted by Gasteiger charge is -2.25. The SMILES string of the molecule is CCCNC(c1cc(CC)nn1C)C(C)CCOC. The monoisotopic (exact) mass is 267 g/mol. The third kappa shape index (κ3) is 4.62. The van der Waals surface area contributed by atoms with Crippen molar-refractivity contribution in [2.24, 2.45) is 13.0 Å². The maximum atomic E-state index is 5.21. The lowest BCUT2D eigenvalue weighted by atomic mass is 9.95. The normalized spacial score (nSPS) is 14.6. The van der Waals surface area contributed by atoms with E-state index < -0.39 is 0 Å². The van der Waals surface area contributed by atoms with E-state index in [-0.39, 0.29) is 0 Å². The van der Waals surface area contributed by atoms with Crippen LogP contribution in [0.25, 0.3) is 0 Å². The maximum absolute atomic E-state index is 5.21. The molecule has 0 fully saturated rings. The highest BCUT2D eigenvalue weighted by atomic mass is 16.5. The predicted octanol–water partition coefficient (Wildman–Crippen LogP) is 2.70. The van der Waals surface area contributed by atoms with Crippen LogP contribution in [-0.2, 0) is 18.2 Å². The van der Waals surface area contributed by atoms with Gasteiger partial charge in [-0.15, -0.1) is 0 Å². The molecule has 1 heterocycles. The Hall–Kier alpha value is -0.870. The number of aromatic nitrogens is 2. The predicted molar refractivity (Wildman–Crippen MR) is 79.3 cm³/mol. The Bertz CT molecular complexity index is 362. The minimum absolute atomic E-state index is 0.355. The summed E-state index contributed by atoms with van der Waals surface area (Å²) in [6.07, 6.45) is 3.19. The second-order valence-corrected chi connectivity index (χ2v) is 5.23. The van der Waals surface area contributed by atoms with Crippen LogP contribution in [0.4, 0.5) is 0 Å². The molecule has 0 aliphatic heterocycles. The fraction of sp³-hybridized carbons (Fsp3) is 0.800. The van der Waals surface area contributed by atoms with Crippen LogP contribution in [0.15, 0.2) is 6.07 Å². The van der Waals surface area contributed by atoms with Crippen LogP contribution in [0.3, 0.4) is 0 Å². The van der Waals surface area contributed by atoms with E-state index in [4.69, 9.17) is 4.74 Å². The summed E-state index contributed by atoms with van der Waals surface area (Å²) >= 11 is 0. The molecule has 2 atom stereocenters. The Morgan fingerprint density at radius 3 is 2.68 bits per heavy atom. The Kier molecular flexibility index (Phi) is 7.10. The standard InChI is InChI=1S/C15H29N3O/c1-6-9-16-15(12(3)8-10-19-5)14-11-13(7-2)17-18(14)4/h11-12,15-16H,6-10H2,1-5H3. The molecule has 1 aromatic heterocycles. The average molecular weight is 267 g/mol. The van der Waals surface area contributed by atoms with Crippen molar-refractivity contribution >= 4 is 0 Å². The summed E-state index contributed by atoms with van der Waals surface area (Å²) in [6, 6.07) is 2.59. The summed E-state index contributed by atoms with van der Waals surface area (Å²) in [4.78, 5) is 0. The van der Waals surface area contributed by atoms with Gasteiger partial charge in [-0.3, -0.25) is 4.68 Å². The van der Waals surface area contributed by atoms with Crippen molar-refractivity contribution < 1.29 is 4.74 Å². The number of nitrogens with one attached hydrogen (secondary N) is 1. The van der Waals surface area contributed by atoms with Gasteiger partial charge in [0.15, 0.2) is 0 Å². The number of hydrogen-bond donors (Lipinski definition) is 1. The zero-order valence-electron chi connectivity index (χ0n) is 13.1. The van der Waals surface area contributed by atoms with Crippen molar-refractivity contribution in [1.82, 2.24) is 15.1 Å². The molecule has 0 bridgehead atoms. The van der Waals surface area contributed by atoms with Gasteiger partial charge in [0.25, 0.3) is 0 Å². The highest BCUT2D eigenvalue weighted by Crippen LogP contribution is 2.25. The topological polar surface area (TPSA) is 39.1 Å². The Morgan fingerprint density at radius 1 is 1.42 bits per heavy atom. The molecule has 19 heavy (non-hydrogen) atoms. The van der Waals surface area contributed by atoms with Crippen molar-refractivity contribution in [2.45, 2.75) is 46.1 Å². The third-order valence-corrected chi connectivity index (χ3v) is 3.61. The van der Waals surface area contributed by atoms with E-state index in [0.717, 1.165) is 32.4 Å². The summed E-state index contributed by atoms with van der Waals surface area (Å²) < 4.78 is 7.23. The van der Waals surface area contributed by atoms with Gasteiger partial charge in [-0.1, -0.05) is 20.8 Å². The van der Waals surface area contributed by atoms with E-state index in [1.807, 2.05) is 11.7 Å². The smallest absolute Gasteiger partial charge is 0.0625 e.